The summed E-state index contributed by atoms with van der Waals surface area (Å²) in [5.41, 5.74) is 0.922. The number of amides is 2. The number of hydrogen-bond donors (Lipinski definition) is 2. The topological polar surface area (TPSA) is 88.2 Å². The molecule has 1 saturated heterocycles. The molecule has 0 aliphatic carbocycles. The first kappa shape index (κ1) is 14.8. The molecule has 0 unspecified atom stereocenters. The number of carbonyl (C=O) groups excluding carboxylic acids is 1. The third-order valence-electron chi connectivity index (χ3n) is 3.41. The van der Waals surface area contributed by atoms with E-state index in [2.05, 4.69) is 15.6 Å². The average Bonchev–Trinajstić information content (AvgIpc) is 2.77. The minimum atomic E-state index is -2.89. The Bertz CT molecular complexity index is 559. The molecule has 2 amide bonds. The molecule has 2 N–H and O–H groups in total. The molecule has 2 atom stereocenters. The summed E-state index contributed by atoms with van der Waals surface area (Å²) in [6, 6.07) is 3.28. The molecule has 2 heterocycles. The van der Waals surface area contributed by atoms with Crippen molar-refractivity contribution in [3.8, 4) is 0 Å². The summed E-state index contributed by atoms with van der Waals surface area (Å²) in [5.74, 6) is 0.429. The first-order chi connectivity index (χ1) is 9.46. The molecule has 0 radical (unpaired) electrons. The smallest absolute Gasteiger partial charge is 0.315 e. The van der Waals surface area contributed by atoms with Crippen molar-refractivity contribution in [3.63, 3.8) is 0 Å². The highest BCUT2D eigenvalue weighted by Gasteiger charge is 2.27. The number of rotatable bonds is 4. The van der Waals surface area contributed by atoms with Crippen LogP contribution in [0.15, 0.2) is 24.5 Å². The Morgan fingerprint density at radius 3 is 2.95 bits per heavy atom. The zero-order chi connectivity index (χ0) is 14.6. The van der Waals surface area contributed by atoms with E-state index in [4.69, 9.17) is 0 Å². The number of aromatic nitrogens is 1. The van der Waals surface area contributed by atoms with Crippen LogP contribution in [0.2, 0.25) is 0 Å². The van der Waals surface area contributed by atoms with Gasteiger partial charge in [-0.15, -0.1) is 0 Å². The molecule has 1 aromatic rings. The second-order valence-electron chi connectivity index (χ2n) is 5.13. The van der Waals surface area contributed by atoms with E-state index in [-0.39, 0.29) is 29.5 Å². The van der Waals surface area contributed by atoms with Gasteiger partial charge in [-0.2, -0.15) is 0 Å². The van der Waals surface area contributed by atoms with Crippen molar-refractivity contribution < 1.29 is 13.2 Å². The maximum atomic E-state index is 11.8. The highest BCUT2D eigenvalue weighted by Crippen LogP contribution is 2.17. The molecule has 0 saturated carbocycles. The lowest BCUT2D eigenvalue weighted by atomic mass is 10.1. The summed E-state index contributed by atoms with van der Waals surface area (Å²) >= 11 is 0. The van der Waals surface area contributed by atoms with Gasteiger partial charge in [0.05, 0.1) is 17.5 Å². The van der Waals surface area contributed by atoms with E-state index in [1.54, 1.807) is 12.4 Å². The molecule has 20 heavy (non-hydrogen) atoms. The fourth-order valence-electron chi connectivity index (χ4n) is 2.23. The molecule has 1 aliphatic heterocycles. The Labute approximate surface area is 118 Å². The third-order valence-corrected chi connectivity index (χ3v) is 5.25. The standard InChI is InChI=1S/C13H19N3O3S/c1-10(12-3-2-5-14-8-12)16-13(17)15-7-11-4-6-20(18,19)9-11/h2-3,5,8,10-11H,4,6-7,9H2,1H3,(H2,15,16,17)/t10-,11+/m0/s1. The van der Waals surface area contributed by atoms with Crippen molar-refractivity contribution in [1.82, 2.24) is 15.6 Å². The lowest BCUT2D eigenvalue weighted by molar-refractivity contribution is 0.236. The van der Waals surface area contributed by atoms with Crippen LogP contribution >= 0.6 is 0 Å². The normalized spacial score (nSPS) is 22.1. The van der Waals surface area contributed by atoms with Crippen LogP contribution in [0.3, 0.4) is 0 Å². The van der Waals surface area contributed by atoms with Crippen molar-refractivity contribution >= 4 is 15.9 Å². The van der Waals surface area contributed by atoms with Crippen LogP contribution in [-0.4, -0.2) is 37.5 Å². The number of nitrogens with one attached hydrogen (secondary N) is 2. The van der Waals surface area contributed by atoms with Crippen LogP contribution in [0, 0.1) is 5.92 Å². The molecular weight excluding hydrogens is 278 g/mol. The van der Waals surface area contributed by atoms with Gasteiger partial charge >= 0.3 is 6.03 Å². The van der Waals surface area contributed by atoms with E-state index in [1.807, 2.05) is 19.1 Å². The fraction of sp³-hybridized carbons (Fsp3) is 0.538. The lowest BCUT2D eigenvalue weighted by Crippen LogP contribution is -2.39. The summed E-state index contributed by atoms with van der Waals surface area (Å²) in [6.45, 7) is 2.27. The second kappa shape index (κ2) is 6.21. The van der Waals surface area contributed by atoms with E-state index in [1.165, 1.54) is 0 Å². The molecule has 110 valence electrons. The van der Waals surface area contributed by atoms with Crippen molar-refractivity contribution in [1.29, 1.82) is 0 Å². The van der Waals surface area contributed by atoms with Gasteiger partial charge in [0, 0.05) is 18.9 Å². The Hall–Kier alpha value is -1.63. The van der Waals surface area contributed by atoms with Crippen LogP contribution < -0.4 is 10.6 Å². The highest BCUT2D eigenvalue weighted by atomic mass is 32.2. The molecule has 6 nitrogen and oxygen atoms in total. The van der Waals surface area contributed by atoms with Gasteiger partial charge in [-0.25, -0.2) is 13.2 Å². The number of urea groups is 1. The average molecular weight is 297 g/mol. The molecule has 2 rings (SSSR count). The number of hydrogen-bond acceptors (Lipinski definition) is 4. The molecule has 1 aromatic heterocycles. The van der Waals surface area contributed by atoms with E-state index < -0.39 is 9.84 Å². The summed E-state index contributed by atoms with van der Waals surface area (Å²) in [6.07, 6.45) is 4.01. The van der Waals surface area contributed by atoms with Crippen molar-refractivity contribution in [2.24, 2.45) is 5.92 Å². The summed E-state index contributed by atoms with van der Waals surface area (Å²) in [4.78, 5) is 15.8. The van der Waals surface area contributed by atoms with Gasteiger partial charge in [0.15, 0.2) is 9.84 Å². The van der Waals surface area contributed by atoms with Gasteiger partial charge < -0.3 is 10.6 Å². The predicted octanol–water partition coefficient (Wildman–Crippen LogP) is 0.876. The first-order valence-corrected chi connectivity index (χ1v) is 8.43. The van der Waals surface area contributed by atoms with Gasteiger partial charge in [0.2, 0.25) is 0 Å². The summed E-state index contributed by atoms with van der Waals surface area (Å²) in [7, 11) is -2.89. The van der Waals surface area contributed by atoms with Crippen molar-refractivity contribution in [2.45, 2.75) is 19.4 Å². The largest absolute Gasteiger partial charge is 0.338 e. The summed E-state index contributed by atoms with van der Waals surface area (Å²) in [5, 5.41) is 5.53. The maximum Gasteiger partial charge on any atom is 0.315 e. The van der Waals surface area contributed by atoms with Crippen LogP contribution in [0.1, 0.15) is 24.9 Å². The highest BCUT2D eigenvalue weighted by molar-refractivity contribution is 7.91. The Morgan fingerprint density at radius 1 is 1.55 bits per heavy atom. The number of sulfone groups is 1. The fourth-order valence-corrected chi connectivity index (χ4v) is 4.10. The van der Waals surface area contributed by atoms with Gasteiger partial charge in [0.1, 0.15) is 0 Å². The van der Waals surface area contributed by atoms with E-state index in [0.717, 1.165) is 5.56 Å². The Balaban J connectivity index is 1.76. The van der Waals surface area contributed by atoms with Crippen LogP contribution in [0.25, 0.3) is 0 Å². The zero-order valence-corrected chi connectivity index (χ0v) is 12.2. The van der Waals surface area contributed by atoms with Crippen LogP contribution in [-0.2, 0) is 9.84 Å². The second-order valence-corrected chi connectivity index (χ2v) is 7.36. The Kier molecular flexibility index (Phi) is 4.59. The van der Waals surface area contributed by atoms with Crippen LogP contribution in [0.5, 0.6) is 0 Å². The predicted molar refractivity (Wildman–Crippen MR) is 75.9 cm³/mol. The first-order valence-electron chi connectivity index (χ1n) is 6.61. The van der Waals surface area contributed by atoms with Gasteiger partial charge in [-0.1, -0.05) is 6.07 Å². The molecular formula is C13H19N3O3S. The zero-order valence-electron chi connectivity index (χ0n) is 11.4. The van der Waals surface area contributed by atoms with Crippen molar-refractivity contribution in [2.75, 3.05) is 18.1 Å². The number of carbonyl (C=O) groups is 1. The van der Waals surface area contributed by atoms with E-state index in [0.29, 0.717) is 13.0 Å². The molecule has 0 spiro atoms. The third kappa shape index (κ3) is 4.19. The number of pyridine rings is 1. The van der Waals surface area contributed by atoms with Gasteiger partial charge in [0.25, 0.3) is 0 Å². The van der Waals surface area contributed by atoms with Gasteiger partial charge in [-0.05, 0) is 30.9 Å². The summed E-state index contributed by atoms with van der Waals surface area (Å²) < 4.78 is 22.6. The monoisotopic (exact) mass is 297 g/mol. The number of nitrogens with zero attached hydrogens (tertiary/aromatic N) is 1. The molecule has 1 aliphatic rings. The minimum Gasteiger partial charge on any atom is -0.338 e. The van der Waals surface area contributed by atoms with Crippen molar-refractivity contribution in [3.05, 3.63) is 30.1 Å². The molecule has 0 aromatic carbocycles. The lowest BCUT2D eigenvalue weighted by Gasteiger charge is -2.16. The SMILES string of the molecule is C[C@H](NC(=O)NC[C@H]1CCS(=O)(=O)C1)c1cccnc1. The molecule has 1 fully saturated rings. The van der Waals surface area contributed by atoms with Crippen LogP contribution in [0.4, 0.5) is 4.79 Å². The maximum absolute atomic E-state index is 11.8. The quantitative estimate of drug-likeness (QED) is 0.863. The molecule has 0 bridgehead atoms. The molecule has 7 heteroatoms. The van der Waals surface area contributed by atoms with E-state index >= 15 is 0 Å². The Morgan fingerprint density at radius 2 is 2.35 bits per heavy atom. The minimum absolute atomic E-state index is 0.0273. The van der Waals surface area contributed by atoms with E-state index in [9.17, 15) is 13.2 Å². The van der Waals surface area contributed by atoms with Gasteiger partial charge in [-0.3, -0.25) is 4.98 Å².